The molecule has 0 aliphatic heterocycles. The molecule has 0 aliphatic carbocycles. The molecule has 0 radical (unpaired) electrons. The molecular formula is C7H6ClN3O2S. The summed E-state index contributed by atoms with van der Waals surface area (Å²) in [5.41, 5.74) is 0.826. The molecule has 0 saturated carbocycles. The molecule has 0 aliphatic rings. The summed E-state index contributed by atoms with van der Waals surface area (Å²) in [4.78, 5) is 7.62. The predicted molar refractivity (Wildman–Crippen MR) is 52.8 cm³/mol. The number of rotatable bonds is 1. The minimum absolute atomic E-state index is 0.130. The molecule has 14 heavy (non-hydrogen) atoms. The van der Waals surface area contributed by atoms with Crippen LogP contribution in [0.1, 0.15) is 0 Å². The lowest BCUT2D eigenvalue weighted by molar-refractivity contribution is 0.595. The van der Waals surface area contributed by atoms with E-state index in [0.717, 1.165) is 10.2 Å². The quantitative estimate of drug-likeness (QED) is 0.684. The largest absolute Gasteiger partial charge is 0.241 e. The molecule has 0 aromatic carbocycles. The van der Waals surface area contributed by atoms with E-state index in [1.165, 1.54) is 12.5 Å². The van der Waals surface area contributed by atoms with E-state index in [0.29, 0.717) is 11.0 Å². The summed E-state index contributed by atoms with van der Waals surface area (Å²) in [5.74, 6) is 0. The third-order valence-electron chi connectivity index (χ3n) is 1.75. The lowest BCUT2D eigenvalue weighted by atomic mass is 10.5. The lowest BCUT2D eigenvalue weighted by Gasteiger charge is -2.01. The molecule has 0 saturated heterocycles. The summed E-state index contributed by atoms with van der Waals surface area (Å²) < 4.78 is 23.7. The van der Waals surface area contributed by atoms with Crippen LogP contribution in [-0.2, 0) is 10.0 Å². The zero-order chi connectivity index (χ0) is 10.3. The van der Waals surface area contributed by atoms with Gasteiger partial charge in [0.1, 0.15) is 11.8 Å². The van der Waals surface area contributed by atoms with Gasteiger partial charge in [-0.2, -0.15) is 0 Å². The van der Waals surface area contributed by atoms with Crippen LogP contribution in [-0.4, -0.2) is 28.6 Å². The van der Waals surface area contributed by atoms with Gasteiger partial charge >= 0.3 is 0 Å². The Kier molecular flexibility index (Phi) is 1.97. The van der Waals surface area contributed by atoms with Crippen LogP contribution in [0.3, 0.4) is 0 Å². The molecule has 0 spiro atoms. The van der Waals surface area contributed by atoms with E-state index < -0.39 is 10.0 Å². The Labute approximate surface area is 85.4 Å². The van der Waals surface area contributed by atoms with Gasteiger partial charge in [0, 0.05) is 6.20 Å². The topological polar surface area (TPSA) is 64.8 Å². The Morgan fingerprint density at radius 2 is 2.14 bits per heavy atom. The molecule has 2 rings (SSSR count). The Bertz CT molecular complexity index is 590. The summed E-state index contributed by atoms with van der Waals surface area (Å²) in [7, 11) is -3.36. The van der Waals surface area contributed by atoms with Crippen molar-refractivity contribution in [3.63, 3.8) is 0 Å². The first-order valence-electron chi connectivity index (χ1n) is 3.68. The standard InChI is InChI=1S/C7H6ClN3O2S/c1-14(12,13)11-3-2-5-6(11)7(8)10-4-9-5/h2-4H,1H3. The molecule has 0 fully saturated rings. The van der Waals surface area contributed by atoms with Gasteiger partial charge in [0.25, 0.3) is 0 Å². The Morgan fingerprint density at radius 1 is 1.43 bits per heavy atom. The van der Waals surface area contributed by atoms with Crippen LogP contribution >= 0.6 is 11.6 Å². The van der Waals surface area contributed by atoms with E-state index in [1.54, 1.807) is 6.07 Å². The summed E-state index contributed by atoms with van der Waals surface area (Å²) in [6.45, 7) is 0. The Hall–Kier alpha value is -1.14. The SMILES string of the molecule is CS(=O)(=O)n1ccc2ncnc(Cl)c21. The van der Waals surface area contributed by atoms with Crippen LogP contribution in [0.4, 0.5) is 0 Å². The van der Waals surface area contributed by atoms with E-state index in [4.69, 9.17) is 11.6 Å². The maximum Gasteiger partial charge on any atom is 0.236 e. The van der Waals surface area contributed by atoms with Crippen LogP contribution in [0.2, 0.25) is 5.15 Å². The maximum absolute atomic E-state index is 11.3. The van der Waals surface area contributed by atoms with Crippen molar-refractivity contribution in [2.45, 2.75) is 0 Å². The van der Waals surface area contributed by atoms with Crippen LogP contribution in [0.5, 0.6) is 0 Å². The average molecular weight is 232 g/mol. The highest BCUT2D eigenvalue weighted by Crippen LogP contribution is 2.21. The number of fused-ring (bicyclic) bond motifs is 1. The molecule has 2 aromatic heterocycles. The third-order valence-corrected chi connectivity index (χ3v) is 3.05. The van der Waals surface area contributed by atoms with Gasteiger partial charge in [0.15, 0.2) is 5.15 Å². The van der Waals surface area contributed by atoms with Crippen LogP contribution in [0.15, 0.2) is 18.6 Å². The highest BCUT2D eigenvalue weighted by Gasteiger charge is 2.13. The number of hydrogen-bond donors (Lipinski definition) is 0. The monoisotopic (exact) mass is 231 g/mol. The molecular weight excluding hydrogens is 226 g/mol. The molecule has 0 N–H and O–H groups in total. The zero-order valence-corrected chi connectivity index (χ0v) is 8.75. The molecule has 0 amide bonds. The highest BCUT2D eigenvalue weighted by atomic mass is 35.5. The van der Waals surface area contributed by atoms with E-state index in [-0.39, 0.29) is 5.15 Å². The van der Waals surface area contributed by atoms with Crippen LogP contribution in [0, 0.1) is 0 Å². The smallest absolute Gasteiger partial charge is 0.236 e. The van der Waals surface area contributed by atoms with Crippen molar-refractivity contribution in [1.29, 1.82) is 0 Å². The van der Waals surface area contributed by atoms with E-state index in [9.17, 15) is 8.42 Å². The highest BCUT2D eigenvalue weighted by molar-refractivity contribution is 7.89. The molecule has 0 bridgehead atoms. The van der Waals surface area contributed by atoms with Crippen molar-refractivity contribution < 1.29 is 8.42 Å². The minimum Gasteiger partial charge on any atom is -0.241 e. The first kappa shape index (κ1) is 9.42. The van der Waals surface area contributed by atoms with E-state index in [1.807, 2.05) is 0 Å². The van der Waals surface area contributed by atoms with Gasteiger partial charge in [-0.25, -0.2) is 22.4 Å². The summed E-state index contributed by atoms with van der Waals surface area (Å²) in [5, 5.41) is 0.130. The van der Waals surface area contributed by atoms with Gasteiger partial charge < -0.3 is 0 Å². The second-order valence-electron chi connectivity index (χ2n) is 2.77. The normalized spacial score (nSPS) is 12.1. The molecule has 5 nitrogen and oxygen atoms in total. The fourth-order valence-corrected chi connectivity index (χ4v) is 2.26. The third kappa shape index (κ3) is 1.36. The van der Waals surface area contributed by atoms with Crippen LogP contribution < -0.4 is 0 Å². The van der Waals surface area contributed by atoms with Gasteiger partial charge in [-0.05, 0) is 6.07 Å². The van der Waals surface area contributed by atoms with Crippen molar-refractivity contribution in [3.8, 4) is 0 Å². The average Bonchev–Trinajstić information content (AvgIpc) is 2.47. The van der Waals surface area contributed by atoms with E-state index >= 15 is 0 Å². The first-order valence-corrected chi connectivity index (χ1v) is 5.91. The molecule has 2 aromatic rings. The fraction of sp³-hybridized carbons (Fsp3) is 0.143. The molecule has 7 heteroatoms. The number of halogens is 1. The van der Waals surface area contributed by atoms with E-state index in [2.05, 4.69) is 9.97 Å². The molecule has 0 atom stereocenters. The van der Waals surface area contributed by atoms with Crippen molar-refractivity contribution in [1.82, 2.24) is 13.9 Å². The van der Waals surface area contributed by atoms with Crippen molar-refractivity contribution in [3.05, 3.63) is 23.7 Å². The van der Waals surface area contributed by atoms with Gasteiger partial charge in [-0.1, -0.05) is 11.6 Å². The summed E-state index contributed by atoms with van der Waals surface area (Å²) >= 11 is 5.77. The summed E-state index contributed by atoms with van der Waals surface area (Å²) in [6.07, 6.45) is 3.79. The zero-order valence-electron chi connectivity index (χ0n) is 7.18. The summed E-state index contributed by atoms with van der Waals surface area (Å²) in [6, 6.07) is 1.57. The lowest BCUT2D eigenvalue weighted by Crippen LogP contribution is -2.08. The van der Waals surface area contributed by atoms with Gasteiger partial charge in [0.05, 0.1) is 11.8 Å². The predicted octanol–water partition coefficient (Wildman–Crippen LogP) is 0.892. The van der Waals surface area contributed by atoms with Gasteiger partial charge in [-0.15, -0.1) is 0 Å². The minimum atomic E-state index is -3.36. The number of hydrogen-bond acceptors (Lipinski definition) is 4. The maximum atomic E-state index is 11.3. The Morgan fingerprint density at radius 3 is 2.79 bits per heavy atom. The van der Waals surface area contributed by atoms with Crippen molar-refractivity contribution >= 4 is 32.7 Å². The first-order chi connectivity index (χ1) is 6.50. The Balaban J connectivity index is 2.94. The van der Waals surface area contributed by atoms with Gasteiger partial charge in [-0.3, -0.25) is 0 Å². The number of nitrogens with zero attached hydrogens (tertiary/aromatic N) is 3. The molecule has 0 unspecified atom stereocenters. The van der Waals surface area contributed by atoms with Crippen molar-refractivity contribution in [2.24, 2.45) is 0 Å². The van der Waals surface area contributed by atoms with Gasteiger partial charge in [0.2, 0.25) is 10.0 Å². The molecule has 74 valence electrons. The van der Waals surface area contributed by atoms with Crippen LogP contribution in [0.25, 0.3) is 11.0 Å². The number of aromatic nitrogens is 3. The fourth-order valence-electron chi connectivity index (χ4n) is 1.18. The second-order valence-corrected chi connectivity index (χ2v) is 4.99. The second kappa shape index (κ2) is 2.93. The van der Waals surface area contributed by atoms with Crippen molar-refractivity contribution in [2.75, 3.05) is 6.26 Å². The molecule has 2 heterocycles.